The van der Waals surface area contributed by atoms with Crippen LogP contribution in [-0.4, -0.2) is 29.7 Å². The molecule has 80 valence electrons. The van der Waals surface area contributed by atoms with Crippen LogP contribution in [0.4, 0.5) is 0 Å². The maximum atomic E-state index is 11.5. The molecule has 0 radical (unpaired) electrons. The Morgan fingerprint density at radius 2 is 1.93 bits per heavy atom. The van der Waals surface area contributed by atoms with E-state index in [1.54, 1.807) is 0 Å². The van der Waals surface area contributed by atoms with Crippen LogP contribution in [-0.2, 0) is 9.59 Å². The average molecular weight is 197 g/mol. The summed E-state index contributed by atoms with van der Waals surface area (Å²) in [6.45, 7) is 5.76. The molecule has 0 saturated carbocycles. The highest BCUT2D eigenvalue weighted by Crippen LogP contribution is 2.14. The van der Waals surface area contributed by atoms with Crippen molar-refractivity contribution in [3.8, 4) is 0 Å². The van der Waals surface area contributed by atoms with E-state index in [1.165, 1.54) is 0 Å². The van der Waals surface area contributed by atoms with Gasteiger partial charge >= 0.3 is 0 Å². The minimum absolute atomic E-state index is 0.0214. The van der Waals surface area contributed by atoms with Gasteiger partial charge in [-0.3, -0.25) is 9.59 Å². The normalized spacial score (nSPS) is 18.1. The molecule has 1 amide bonds. The Labute approximate surface area is 85.5 Å². The molecule has 1 aliphatic heterocycles. The zero-order chi connectivity index (χ0) is 10.6. The molecule has 1 saturated heterocycles. The lowest BCUT2D eigenvalue weighted by Gasteiger charge is -2.29. The van der Waals surface area contributed by atoms with E-state index < -0.39 is 0 Å². The molecule has 0 aromatic carbocycles. The van der Waals surface area contributed by atoms with Gasteiger partial charge in [-0.2, -0.15) is 0 Å². The van der Waals surface area contributed by atoms with Crippen LogP contribution in [0.25, 0.3) is 0 Å². The number of hydrogen-bond donors (Lipinski definition) is 0. The van der Waals surface area contributed by atoms with Gasteiger partial charge in [0.1, 0.15) is 5.78 Å². The molecule has 1 rings (SSSR count). The quantitative estimate of drug-likeness (QED) is 0.642. The molecular weight excluding hydrogens is 178 g/mol. The van der Waals surface area contributed by atoms with Crippen molar-refractivity contribution < 1.29 is 9.59 Å². The van der Waals surface area contributed by atoms with Gasteiger partial charge in [-0.15, -0.1) is 0 Å². The van der Waals surface area contributed by atoms with Gasteiger partial charge in [-0.25, -0.2) is 0 Å². The summed E-state index contributed by atoms with van der Waals surface area (Å²) < 4.78 is 0. The smallest absolute Gasteiger partial charge is 0.230 e. The Bertz CT molecular complexity index is 221. The number of Topliss-reactive ketones (excluding diaryl/α,β-unsaturated/α-hetero) is 1. The number of carbonyl (C=O) groups excluding carboxylic acids is 2. The van der Waals surface area contributed by atoms with Gasteiger partial charge in [0.2, 0.25) is 5.91 Å². The number of hydrogen-bond acceptors (Lipinski definition) is 2. The average Bonchev–Trinajstić information content (AvgIpc) is 2.17. The number of rotatable bonds is 4. The molecule has 14 heavy (non-hydrogen) atoms. The summed E-state index contributed by atoms with van der Waals surface area (Å²) in [7, 11) is 0. The fourth-order valence-corrected chi connectivity index (χ4v) is 1.80. The second-order valence-corrected chi connectivity index (χ2v) is 3.99. The van der Waals surface area contributed by atoms with Gasteiger partial charge in [0, 0.05) is 19.5 Å². The molecule has 3 nitrogen and oxygen atoms in total. The van der Waals surface area contributed by atoms with Gasteiger partial charge in [-0.1, -0.05) is 26.7 Å². The molecule has 0 unspecified atom stereocenters. The summed E-state index contributed by atoms with van der Waals surface area (Å²) in [6, 6.07) is 0. The molecule has 0 spiro atoms. The first-order valence-corrected chi connectivity index (χ1v) is 5.46. The van der Waals surface area contributed by atoms with Gasteiger partial charge < -0.3 is 4.90 Å². The summed E-state index contributed by atoms with van der Waals surface area (Å²) in [5.74, 6) is 0.705. The van der Waals surface area contributed by atoms with Crippen LogP contribution in [0.2, 0.25) is 0 Å². The Kier molecular flexibility index (Phi) is 4.11. The van der Waals surface area contributed by atoms with Gasteiger partial charge in [-0.05, 0) is 5.92 Å². The second-order valence-electron chi connectivity index (χ2n) is 3.99. The molecule has 0 aromatic heterocycles. The van der Waals surface area contributed by atoms with Crippen molar-refractivity contribution in [1.82, 2.24) is 4.90 Å². The van der Waals surface area contributed by atoms with Crippen LogP contribution in [0.1, 0.15) is 39.5 Å². The summed E-state index contributed by atoms with van der Waals surface area (Å²) in [5.41, 5.74) is 0. The predicted octanol–water partition coefficient (Wildman–Crippen LogP) is 1.61. The van der Waals surface area contributed by atoms with E-state index in [4.69, 9.17) is 0 Å². The number of nitrogens with zero attached hydrogens (tertiary/aromatic N) is 1. The highest BCUT2D eigenvalue weighted by molar-refractivity contribution is 6.00. The third-order valence-electron chi connectivity index (χ3n) is 2.99. The van der Waals surface area contributed by atoms with Gasteiger partial charge in [0.25, 0.3) is 0 Å². The van der Waals surface area contributed by atoms with E-state index >= 15 is 0 Å². The zero-order valence-electron chi connectivity index (χ0n) is 9.08. The number of amides is 1. The predicted molar refractivity (Wildman–Crippen MR) is 54.9 cm³/mol. The van der Waals surface area contributed by atoms with Crippen molar-refractivity contribution in [1.29, 1.82) is 0 Å². The largest absolute Gasteiger partial charge is 0.342 e. The molecule has 3 heteroatoms. The van der Waals surface area contributed by atoms with Crippen molar-refractivity contribution in [2.45, 2.75) is 39.5 Å². The van der Waals surface area contributed by atoms with Crippen molar-refractivity contribution in [2.24, 2.45) is 5.92 Å². The summed E-state index contributed by atoms with van der Waals surface area (Å²) in [5, 5.41) is 0. The number of ketones is 1. The number of carbonyl (C=O) groups is 2. The molecule has 0 atom stereocenters. The molecule has 0 bridgehead atoms. The van der Waals surface area contributed by atoms with E-state index in [1.807, 2.05) is 4.90 Å². The van der Waals surface area contributed by atoms with E-state index in [9.17, 15) is 9.59 Å². The van der Waals surface area contributed by atoms with E-state index in [2.05, 4.69) is 13.8 Å². The van der Waals surface area contributed by atoms with Crippen LogP contribution in [0.3, 0.4) is 0 Å². The maximum Gasteiger partial charge on any atom is 0.230 e. The van der Waals surface area contributed by atoms with Crippen LogP contribution in [0.15, 0.2) is 0 Å². The maximum absolute atomic E-state index is 11.5. The third kappa shape index (κ3) is 2.82. The fraction of sp³-hybridized carbons (Fsp3) is 0.818. The second kappa shape index (κ2) is 5.13. The van der Waals surface area contributed by atoms with Crippen molar-refractivity contribution in [3.63, 3.8) is 0 Å². The molecule has 0 aromatic rings. The first-order chi connectivity index (χ1) is 6.67. The summed E-state index contributed by atoms with van der Waals surface area (Å²) in [6.07, 6.45) is 2.88. The van der Waals surface area contributed by atoms with E-state index in [0.717, 1.165) is 19.4 Å². The molecule has 1 fully saturated rings. The molecular formula is C11H19NO2. The highest BCUT2D eigenvalue weighted by atomic mass is 16.2. The Hall–Kier alpha value is -0.860. The van der Waals surface area contributed by atoms with Crippen molar-refractivity contribution in [2.75, 3.05) is 13.1 Å². The van der Waals surface area contributed by atoms with Crippen LogP contribution in [0, 0.1) is 5.92 Å². The monoisotopic (exact) mass is 197 g/mol. The van der Waals surface area contributed by atoms with E-state index in [-0.39, 0.29) is 18.1 Å². The standard InChI is InChI=1S/C11H19NO2/c1-3-9(4-2)8-12-6-5-10(13)7-11(12)14/h9H,3-8H2,1-2H3. The SMILES string of the molecule is CCC(CC)CN1CCC(=O)CC1=O. The topological polar surface area (TPSA) is 37.4 Å². The van der Waals surface area contributed by atoms with Crippen molar-refractivity contribution in [3.05, 3.63) is 0 Å². The van der Waals surface area contributed by atoms with Crippen LogP contribution in [0.5, 0.6) is 0 Å². The summed E-state index contributed by atoms with van der Waals surface area (Å²) >= 11 is 0. The lowest BCUT2D eigenvalue weighted by molar-refractivity contribution is -0.139. The Morgan fingerprint density at radius 1 is 1.29 bits per heavy atom. The van der Waals surface area contributed by atoms with Crippen LogP contribution < -0.4 is 0 Å². The minimum Gasteiger partial charge on any atom is -0.342 e. The molecule has 1 aliphatic rings. The fourth-order valence-electron chi connectivity index (χ4n) is 1.80. The first kappa shape index (κ1) is 11.2. The zero-order valence-corrected chi connectivity index (χ0v) is 9.08. The summed E-state index contributed by atoms with van der Waals surface area (Å²) in [4.78, 5) is 24.3. The number of piperidine rings is 1. The Balaban J connectivity index is 2.44. The van der Waals surface area contributed by atoms with Crippen LogP contribution >= 0.6 is 0 Å². The van der Waals surface area contributed by atoms with Gasteiger partial charge in [0.15, 0.2) is 0 Å². The first-order valence-electron chi connectivity index (χ1n) is 5.46. The third-order valence-corrected chi connectivity index (χ3v) is 2.99. The lowest BCUT2D eigenvalue weighted by atomic mass is 10.0. The molecule has 0 N–H and O–H groups in total. The number of likely N-dealkylation sites (tertiary alicyclic amines) is 1. The van der Waals surface area contributed by atoms with E-state index in [0.29, 0.717) is 18.9 Å². The minimum atomic E-state index is 0.0214. The Morgan fingerprint density at radius 3 is 2.43 bits per heavy atom. The lowest BCUT2D eigenvalue weighted by Crippen LogP contribution is -2.41. The van der Waals surface area contributed by atoms with Gasteiger partial charge in [0.05, 0.1) is 6.42 Å². The molecule has 0 aliphatic carbocycles. The molecule has 1 heterocycles. The highest BCUT2D eigenvalue weighted by Gasteiger charge is 2.24. The van der Waals surface area contributed by atoms with Crippen molar-refractivity contribution >= 4 is 11.7 Å².